The summed E-state index contributed by atoms with van der Waals surface area (Å²) >= 11 is 6.49. The van der Waals surface area contributed by atoms with Gasteiger partial charge in [0.15, 0.2) is 5.05 Å². The normalized spacial score (nSPS) is 11.8. The van der Waals surface area contributed by atoms with Crippen molar-refractivity contribution in [2.75, 3.05) is 27.2 Å². The molecule has 0 radical (unpaired) electrons. The highest BCUT2D eigenvalue weighted by Crippen LogP contribution is 2.26. The van der Waals surface area contributed by atoms with Gasteiger partial charge in [-0.05, 0) is 69.9 Å². The number of hydrogen-bond donors (Lipinski definition) is 0. The maximum absolute atomic E-state index is 12.3. The number of carbonyl (C=O) groups excluding carboxylic acids is 1. The van der Waals surface area contributed by atoms with E-state index in [4.69, 9.17) is 17.0 Å². The number of thiocarbonyl (C=S) groups is 1. The first-order chi connectivity index (χ1) is 11.5. The minimum Gasteiger partial charge on any atom is -0.481 e. The van der Waals surface area contributed by atoms with E-state index in [1.165, 1.54) is 6.20 Å². The number of likely N-dealkylation sites (N-methyl/N-ethyl adjacent to an activating group) is 1. The number of rotatable bonds is 8. The van der Waals surface area contributed by atoms with E-state index in [0.29, 0.717) is 17.2 Å². The highest BCUT2D eigenvalue weighted by molar-refractivity contribution is 8.14. The van der Waals surface area contributed by atoms with Gasteiger partial charge in [-0.15, -0.1) is 0 Å². The van der Waals surface area contributed by atoms with E-state index in [-0.39, 0.29) is 5.12 Å². The molecule has 0 aliphatic carbocycles. The van der Waals surface area contributed by atoms with Crippen LogP contribution < -0.4 is 0 Å². The van der Waals surface area contributed by atoms with Gasteiger partial charge in [0.1, 0.15) is 6.61 Å². The molecule has 0 aliphatic heterocycles. The van der Waals surface area contributed by atoms with Crippen LogP contribution in [-0.2, 0) is 9.53 Å². The summed E-state index contributed by atoms with van der Waals surface area (Å²) in [6.07, 6.45) is 4.92. The molecule has 1 rings (SSSR count). The van der Waals surface area contributed by atoms with E-state index >= 15 is 0 Å². The van der Waals surface area contributed by atoms with Crippen molar-refractivity contribution in [3.05, 3.63) is 53.8 Å². The number of carbonyl (C=O) groups is 1. The van der Waals surface area contributed by atoms with Crippen LogP contribution in [0.15, 0.2) is 58.1 Å². The average molecular weight is 363 g/mol. The van der Waals surface area contributed by atoms with Gasteiger partial charge in [0.05, 0.1) is 0 Å². The van der Waals surface area contributed by atoms with Crippen molar-refractivity contribution in [2.45, 2.75) is 11.8 Å². The van der Waals surface area contributed by atoms with Gasteiger partial charge < -0.3 is 9.64 Å². The summed E-state index contributed by atoms with van der Waals surface area (Å²) in [6, 6.07) is 7.50. The Labute approximate surface area is 153 Å². The zero-order chi connectivity index (χ0) is 17.9. The Morgan fingerprint density at radius 3 is 2.79 bits per heavy atom. The summed E-state index contributed by atoms with van der Waals surface area (Å²) in [5.74, 6) is 0. The number of benzene rings is 1. The van der Waals surface area contributed by atoms with Gasteiger partial charge in [0, 0.05) is 28.8 Å². The van der Waals surface area contributed by atoms with E-state index in [9.17, 15) is 4.79 Å². The Morgan fingerprint density at radius 1 is 1.42 bits per heavy atom. The monoisotopic (exact) mass is 362 g/mol. The van der Waals surface area contributed by atoms with E-state index < -0.39 is 0 Å². The summed E-state index contributed by atoms with van der Waals surface area (Å²) in [5, 5.41) is 0.359. The van der Waals surface area contributed by atoms with Gasteiger partial charge >= 0.3 is 0 Å². The Balaban J connectivity index is 2.80. The first kappa shape index (κ1) is 20.3. The van der Waals surface area contributed by atoms with Crippen LogP contribution in [0.1, 0.15) is 12.5 Å². The van der Waals surface area contributed by atoms with E-state index in [1.807, 2.05) is 43.3 Å². The van der Waals surface area contributed by atoms with Crippen LogP contribution >= 0.6 is 24.0 Å². The van der Waals surface area contributed by atoms with Crippen LogP contribution in [0.25, 0.3) is 0 Å². The lowest BCUT2D eigenvalue weighted by Crippen LogP contribution is -2.20. The fourth-order valence-electron chi connectivity index (χ4n) is 1.62. The summed E-state index contributed by atoms with van der Waals surface area (Å²) in [4.78, 5) is 18.7. The third kappa shape index (κ3) is 7.21. The SMILES string of the molecule is C=N/C=C\C=C(/C)C(=O)Sc1ccccc1C(=S)OCCN(C)C. The molecule has 1 aromatic rings. The van der Waals surface area contributed by atoms with Gasteiger partial charge in [-0.3, -0.25) is 9.79 Å². The lowest BCUT2D eigenvalue weighted by Gasteiger charge is -2.13. The molecule has 0 spiro atoms. The molecule has 4 nitrogen and oxygen atoms in total. The molecule has 0 fully saturated rings. The first-order valence-electron chi connectivity index (χ1n) is 7.38. The standard InChI is InChI=1S/C18H22N2O2S2/c1-14(8-7-11-19-2)17(21)24-16-10-6-5-9-15(16)18(23)22-13-12-20(3)4/h5-11H,2,12-13H2,1,3-4H3/b11-7-,14-8+. The van der Waals surface area contributed by atoms with Gasteiger partial charge in [-0.1, -0.05) is 18.2 Å². The van der Waals surface area contributed by atoms with Crippen molar-refractivity contribution in [1.29, 1.82) is 0 Å². The number of allylic oxidation sites excluding steroid dienone is 2. The molecule has 24 heavy (non-hydrogen) atoms. The second-order valence-corrected chi connectivity index (χ2v) is 6.58. The molecule has 0 saturated heterocycles. The molecule has 0 bridgehead atoms. The Hall–Kier alpha value is -1.76. The molecular formula is C18H22N2O2S2. The van der Waals surface area contributed by atoms with Crippen molar-refractivity contribution in [2.24, 2.45) is 4.99 Å². The van der Waals surface area contributed by atoms with E-state index in [2.05, 4.69) is 11.7 Å². The topological polar surface area (TPSA) is 41.9 Å². The smallest absolute Gasteiger partial charge is 0.219 e. The number of thioether (sulfide) groups is 1. The van der Waals surface area contributed by atoms with Crippen molar-refractivity contribution in [3.63, 3.8) is 0 Å². The number of hydrogen-bond acceptors (Lipinski definition) is 6. The Morgan fingerprint density at radius 2 is 2.12 bits per heavy atom. The highest BCUT2D eigenvalue weighted by Gasteiger charge is 2.14. The van der Waals surface area contributed by atoms with Crippen LogP contribution in [0.3, 0.4) is 0 Å². The van der Waals surface area contributed by atoms with Crippen molar-refractivity contribution in [3.8, 4) is 0 Å². The lowest BCUT2D eigenvalue weighted by atomic mass is 10.2. The fourth-order valence-corrected chi connectivity index (χ4v) is 2.79. The largest absolute Gasteiger partial charge is 0.481 e. The molecule has 0 unspecified atom stereocenters. The highest BCUT2D eigenvalue weighted by atomic mass is 32.2. The van der Waals surface area contributed by atoms with Crippen LogP contribution in [0, 0.1) is 0 Å². The average Bonchev–Trinajstić information content (AvgIpc) is 2.55. The predicted molar refractivity (Wildman–Crippen MR) is 106 cm³/mol. The molecule has 0 atom stereocenters. The molecule has 0 saturated carbocycles. The first-order valence-corrected chi connectivity index (χ1v) is 8.60. The molecule has 128 valence electrons. The Bertz CT molecular complexity index is 652. The van der Waals surface area contributed by atoms with Gasteiger partial charge in [-0.25, -0.2) is 0 Å². The van der Waals surface area contributed by atoms with Gasteiger partial charge in [-0.2, -0.15) is 0 Å². The minimum atomic E-state index is -0.0488. The summed E-state index contributed by atoms with van der Waals surface area (Å²) in [5.41, 5.74) is 1.38. The predicted octanol–water partition coefficient (Wildman–Crippen LogP) is 3.72. The van der Waals surface area contributed by atoms with E-state index in [0.717, 1.165) is 28.8 Å². The lowest BCUT2D eigenvalue weighted by molar-refractivity contribution is -0.107. The molecule has 6 heteroatoms. The van der Waals surface area contributed by atoms with Crippen LogP contribution in [0.5, 0.6) is 0 Å². The van der Waals surface area contributed by atoms with Crippen LogP contribution in [-0.4, -0.2) is 49.0 Å². The molecule has 0 aliphatic rings. The fraction of sp³-hybridized carbons (Fsp3) is 0.278. The number of nitrogens with zero attached hydrogens (tertiary/aromatic N) is 2. The second kappa shape index (κ2) is 10.9. The van der Waals surface area contributed by atoms with Crippen molar-refractivity contribution in [1.82, 2.24) is 4.90 Å². The summed E-state index contributed by atoms with van der Waals surface area (Å²) in [6.45, 7) is 6.40. The molecule has 1 aromatic carbocycles. The Kier molecular flexibility index (Phi) is 9.22. The second-order valence-electron chi connectivity index (χ2n) is 5.20. The molecule has 0 heterocycles. The van der Waals surface area contributed by atoms with Gasteiger partial charge in [0.2, 0.25) is 5.12 Å². The van der Waals surface area contributed by atoms with Crippen LogP contribution in [0.4, 0.5) is 0 Å². The third-order valence-electron chi connectivity index (χ3n) is 2.94. The van der Waals surface area contributed by atoms with Crippen molar-refractivity contribution >= 4 is 40.9 Å². The minimum absolute atomic E-state index is 0.0488. The molecule has 0 amide bonds. The van der Waals surface area contributed by atoms with E-state index in [1.54, 1.807) is 19.1 Å². The quantitative estimate of drug-likeness (QED) is 0.232. The van der Waals surface area contributed by atoms with Crippen LogP contribution in [0.2, 0.25) is 0 Å². The number of aliphatic imine (C=N–C) groups is 1. The third-order valence-corrected chi connectivity index (χ3v) is 4.36. The summed E-state index contributed by atoms with van der Waals surface area (Å²) < 4.78 is 5.62. The summed E-state index contributed by atoms with van der Waals surface area (Å²) in [7, 11) is 3.95. The maximum Gasteiger partial charge on any atom is 0.219 e. The van der Waals surface area contributed by atoms with Gasteiger partial charge in [0.25, 0.3) is 0 Å². The zero-order valence-corrected chi connectivity index (χ0v) is 15.8. The zero-order valence-electron chi connectivity index (χ0n) is 14.2. The molecular weight excluding hydrogens is 340 g/mol. The molecule has 0 N–H and O–H groups in total. The molecule has 0 aromatic heterocycles. The van der Waals surface area contributed by atoms with Crippen molar-refractivity contribution < 1.29 is 9.53 Å². The number of ether oxygens (including phenoxy) is 1. The maximum atomic E-state index is 12.3.